The predicted octanol–water partition coefficient (Wildman–Crippen LogP) is 2.62. The van der Waals surface area contributed by atoms with Crippen LogP contribution in [0.1, 0.15) is 29.7 Å². The van der Waals surface area contributed by atoms with E-state index in [1.54, 1.807) is 12.1 Å². The number of amides is 1. The van der Waals surface area contributed by atoms with E-state index >= 15 is 0 Å². The highest BCUT2D eigenvalue weighted by atomic mass is 19.1. The van der Waals surface area contributed by atoms with Crippen LogP contribution in [-0.2, 0) is 22.7 Å². The lowest BCUT2D eigenvalue weighted by atomic mass is 10.0. The van der Waals surface area contributed by atoms with Gasteiger partial charge in [-0.25, -0.2) is 4.39 Å². The highest BCUT2D eigenvalue weighted by molar-refractivity contribution is 5.78. The molecule has 0 aliphatic carbocycles. The first kappa shape index (κ1) is 20.5. The molecule has 0 saturated carbocycles. The SMILES string of the molecule is CCOCc1ccccc1CNC(=O)CN1CCNCC1c1cccc(F)c1. The Labute approximate surface area is 165 Å². The quantitative estimate of drug-likeness (QED) is 0.734. The average molecular weight is 385 g/mol. The lowest BCUT2D eigenvalue weighted by Gasteiger charge is -2.36. The monoisotopic (exact) mass is 385 g/mol. The average Bonchev–Trinajstić information content (AvgIpc) is 2.71. The molecule has 1 unspecified atom stereocenters. The van der Waals surface area contributed by atoms with Gasteiger partial charge in [0, 0.05) is 38.8 Å². The Kier molecular flexibility index (Phi) is 7.54. The van der Waals surface area contributed by atoms with Crippen LogP contribution < -0.4 is 10.6 Å². The van der Waals surface area contributed by atoms with Gasteiger partial charge in [-0.1, -0.05) is 36.4 Å². The Balaban J connectivity index is 1.59. The fourth-order valence-corrected chi connectivity index (χ4v) is 3.50. The molecule has 1 atom stereocenters. The maximum Gasteiger partial charge on any atom is 0.234 e. The first-order valence-electron chi connectivity index (χ1n) is 9.79. The summed E-state index contributed by atoms with van der Waals surface area (Å²) in [5.74, 6) is -0.284. The number of carbonyl (C=O) groups is 1. The Hall–Kier alpha value is -2.28. The minimum atomic E-state index is -0.251. The smallest absolute Gasteiger partial charge is 0.234 e. The van der Waals surface area contributed by atoms with Crippen molar-refractivity contribution in [2.75, 3.05) is 32.8 Å². The zero-order chi connectivity index (χ0) is 19.8. The number of piperazine rings is 1. The van der Waals surface area contributed by atoms with Gasteiger partial charge in [0.1, 0.15) is 5.82 Å². The Morgan fingerprint density at radius 1 is 1.25 bits per heavy atom. The molecule has 2 aromatic carbocycles. The van der Waals surface area contributed by atoms with E-state index in [4.69, 9.17) is 4.74 Å². The normalized spacial score (nSPS) is 17.4. The number of ether oxygens (including phenoxy) is 1. The largest absolute Gasteiger partial charge is 0.377 e. The van der Waals surface area contributed by atoms with Gasteiger partial charge in [0.2, 0.25) is 5.91 Å². The van der Waals surface area contributed by atoms with E-state index in [0.717, 1.165) is 29.8 Å². The predicted molar refractivity (Wildman–Crippen MR) is 107 cm³/mol. The van der Waals surface area contributed by atoms with Crippen LogP contribution in [-0.4, -0.2) is 43.6 Å². The molecule has 0 bridgehead atoms. The molecule has 1 aliphatic heterocycles. The minimum Gasteiger partial charge on any atom is -0.377 e. The van der Waals surface area contributed by atoms with Gasteiger partial charge in [0.05, 0.1) is 13.2 Å². The Morgan fingerprint density at radius 2 is 2.07 bits per heavy atom. The third-order valence-electron chi connectivity index (χ3n) is 4.99. The number of benzene rings is 2. The van der Waals surface area contributed by atoms with Crippen molar-refractivity contribution in [1.29, 1.82) is 0 Å². The molecule has 0 spiro atoms. The van der Waals surface area contributed by atoms with Crippen LogP contribution in [0.5, 0.6) is 0 Å². The molecule has 6 heteroatoms. The highest BCUT2D eigenvalue weighted by Gasteiger charge is 2.25. The molecule has 0 radical (unpaired) electrons. The number of nitrogens with zero attached hydrogens (tertiary/aromatic N) is 1. The maximum absolute atomic E-state index is 13.6. The molecule has 0 aromatic heterocycles. The number of hydrogen-bond acceptors (Lipinski definition) is 4. The fraction of sp³-hybridized carbons (Fsp3) is 0.409. The molecule has 5 nitrogen and oxygen atoms in total. The first-order valence-corrected chi connectivity index (χ1v) is 9.79. The van der Waals surface area contributed by atoms with Gasteiger partial charge in [0.15, 0.2) is 0 Å². The molecule has 1 aliphatic rings. The van der Waals surface area contributed by atoms with E-state index in [0.29, 0.717) is 26.3 Å². The lowest BCUT2D eigenvalue weighted by Crippen LogP contribution is -2.49. The highest BCUT2D eigenvalue weighted by Crippen LogP contribution is 2.22. The maximum atomic E-state index is 13.6. The molecule has 28 heavy (non-hydrogen) atoms. The second-order valence-electron chi connectivity index (χ2n) is 6.93. The van der Waals surface area contributed by atoms with Crippen molar-refractivity contribution in [1.82, 2.24) is 15.5 Å². The molecular formula is C22H28FN3O2. The number of nitrogens with one attached hydrogen (secondary N) is 2. The molecule has 1 amide bonds. The van der Waals surface area contributed by atoms with Gasteiger partial charge in [-0.3, -0.25) is 9.69 Å². The van der Waals surface area contributed by atoms with Gasteiger partial charge < -0.3 is 15.4 Å². The van der Waals surface area contributed by atoms with Crippen molar-refractivity contribution in [3.8, 4) is 0 Å². The van der Waals surface area contributed by atoms with E-state index in [1.165, 1.54) is 6.07 Å². The fourth-order valence-electron chi connectivity index (χ4n) is 3.50. The van der Waals surface area contributed by atoms with Crippen LogP contribution in [0, 0.1) is 5.82 Å². The summed E-state index contributed by atoms with van der Waals surface area (Å²) in [4.78, 5) is 14.7. The van der Waals surface area contributed by atoms with Gasteiger partial charge in [0.25, 0.3) is 0 Å². The van der Waals surface area contributed by atoms with E-state index in [1.807, 2.05) is 37.3 Å². The number of hydrogen-bond donors (Lipinski definition) is 2. The van der Waals surface area contributed by atoms with Gasteiger partial charge >= 0.3 is 0 Å². The molecule has 2 N–H and O–H groups in total. The molecule has 2 aromatic rings. The summed E-state index contributed by atoms with van der Waals surface area (Å²) in [6, 6.07) is 14.6. The van der Waals surface area contributed by atoms with Crippen LogP contribution in [0.25, 0.3) is 0 Å². The van der Waals surface area contributed by atoms with E-state index in [-0.39, 0.29) is 24.3 Å². The summed E-state index contributed by atoms with van der Waals surface area (Å²) in [6.07, 6.45) is 0. The summed E-state index contributed by atoms with van der Waals surface area (Å²) in [6.45, 7) is 6.19. The zero-order valence-corrected chi connectivity index (χ0v) is 16.3. The summed E-state index contributed by atoms with van der Waals surface area (Å²) < 4.78 is 19.1. The van der Waals surface area contributed by atoms with Gasteiger partial charge in [-0.2, -0.15) is 0 Å². The standard InChI is InChI=1S/C22H28FN3O2/c1-2-28-16-19-7-4-3-6-18(19)13-25-22(27)15-26-11-10-24-14-21(26)17-8-5-9-20(23)12-17/h3-9,12,21,24H,2,10-11,13-16H2,1H3,(H,25,27). The molecule has 1 fully saturated rings. The molecule has 1 saturated heterocycles. The summed E-state index contributed by atoms with van der Waals surface area (Å²) >= 11 is 0. The van der Waals surface area contributed by atoms with Crippen molar-refractivity contribution in [2.45, 2.75) is 26.1 Å². The van der Waals surface area contributed by atoms with Crippen LogP contribution in [0.15, 0.2) is 48.5 Å². The third-order valence-corrected chi connectivity index (χ3v) is 4.99. The summed E-state index contributed by atoms with van der Waals surface area (Å²) in [5, 5.41) is 6.35. The number of rotatable bonds is 8. The van der Waals surface area contributed by atoms with Gasteiger partial charge in [-0.05, 0) is 35.7 Å². The molecule has 3 rings (SSSR count). The van der Waals surface area contributed by atoms with Crippen molar-refractivity contribution in [3.63, 3.8) is 0 Å². The summed E-state index contributed by atoms with van der Waals surface area (Å²) in [5.41, 5.74) is 3.04. The van der Waals surface area contributed by atoms with Crippen molar-refractivity contribution in [2.24, 2.45) is 0 Å². The van der Waals surface area contributed by atoms with Crippen LogP contribution in [0.3, 0.4) is 0 Å². The second kappa shape index (κ2) is 10.3. The Morgan fingerprint density at radius 3 is 2.86 bits per heavy atom. The molecule has 150 valence electrons. The zero-order valence-electron chi connectivity index (χ0n) is 16.3. The van der Waals surface area contributed by atoms with Crippen LogP contribution in [0.2, 0.25) is 0 Å². The van der Waals surface area contributed by atoms with Crippen LogP contribution >= 0.6 is 0 Å². The van der Waals surface area contributed by atoms with Crippen molar-refractivity contribution in [3.05, 3.63) is 71.0 Å². The number of halogens is 1. The van der Waals surface area contributed by atoms with E-state index < -0.39 is 0 Å². The topological polar surface area (TPSA) is 53.6 Å². The molecule has 1 heterocycles. The Bertz CT molecular complexity index is 784. The first-order chi connectivity index (χ1) is 13.7. The summed E-state index contributed by atoms with van der Waals surface area (Å²) in [7, 11) is 0. The minimum absolute atomic E-state index is 0.0135. The van der Waals surface area contributed by atoms with E-state index in [9.17, 15) is 9.18 Å². The number of carbonyl (C=O) groups excluding carboxylic acids is 1. The molecular weight excluding hydrogens is 357 g/mol. The van der Waals surface area contributed by atoms with Crippen molar-refractivity contribution >= 4 is 5.91 Å². The lowest BCUT2D eigenvalue weighted by molar-refractivity contribution is -0.123. The van der Waals surface area contributed by atoms with Crippen molar-refractivity contribution < 1.29 is 13.9 Å². The third kappa shape index (κ3) is 5.61. The van der Waals surface area contributed by atoms with Gasteiger partial charge in [-0.15, -0.1) is 0 Å². The second-order valence-corrected chi connectivity index (χ2v) is 6.93. The van der Waals surface area contributed by atoms with Crippen LogP contribution in [0.4, 0.5) is 4.39 Å². The van der Waals surface area contributed by atoms with E-state index in [2.05, 4.69) is 15.5 Å².